The number of nitrogens with zero attached hydrogens (tertiary/aromatic N) is 6. The normalized spacial score (nSPS) is 29.0. The minimum absolute atomic E-state index is 0.0297. The van der Waals surface area contributed by atoms with Gasteiger partial charge in [0.2, 0.25) is 5.91 Å². The molecule has 2 saturated heterocycles. The number of aliphatic hydroxyl groups is 1. The molecule has 5 heterocycles. The van der Waals surface area contributed by atoms with Crippen LogP contribution in [0.3, 0.4) is 0 Å². The summed E-state index contributed by atoms with van der Waals surface area (Å²) in [7, 11) is 2.09. The number of piperazine rings is 1. The number of pyridine rings is 1. The van der Waals surface area contributed by atoms with E-state index in [1.54, 1.807) is 12.4 Å². The number of fused-ring (bicyclic) bond motifs is 3. The van der Waals surface area contributed by atoms with Gasteiger partial charge in [-0.05, 0) is 37.9 Å². The fourth-order valence-electron chi connectivity index (χ4n) is 7.16. The third-order valence-corrected chi connectivity index (χ3v) is 9.07. The molecule has 1 N–H and O–H groups in total. The van der Waals surface area contributed by atoms with Gasteiger partial charge in [-0.1, -0.05) is 12.8 Å². The summed E-state index contributed by atoms with van der Waals surface area (Å²) in [5.41, 5.74) is 2.22. The lowest BCUT2D eigenvalue weighted by molar-refractivity contribution is -0.140. The zero-order chi connectivity index (χ0) is 24.8. The van der Waals surface area contributed by atoms with E-state index in [4.69, 9.17) is 0 Å². The molecular weight excluding hydrogens is 456 g/mol. The number of carbonyl (C=O) groups is 1. The molecule has 1 amide bonds. The average molecular weight is 493 g/mol. The van der Waals surface area contributed by atoms with Gasteiger partial charge in [0.15, 0.2) is 0 Å². The second kappa shape index (κ2) is 9.68. The number of amides is 1. The van der Waals surface area contributed by atoms with Crippen LogP contribution in [0.1, 0.15) is 37.4 Å². The molecule has 0 spiro atoms. The zero-order valence-electron chi connectivity index (χ0n) is 21.0. The second-order valence-corrected chi connectivity index (χ2v) is 11.1. The summed E-state index contributed by atoms with van der Waals surface area (Å²) >= 11 is 0. The molecule has 0 radical (unpaired) electrons. The van der Waals surface area contributed by atoms with E-state index in [2.05, 4.69) is 26.8 Å². The molecule has 4 aliphatic rings. The smallest absolute Gasteiger partial charge is 0.258 e. The Morgan fingerprint density at radius 1 is 1.08 bits per heavy atom. The molecule has 9 nitrogen and oxygen atoms in total. The van der Waals surface area contributed by atoms with Crippen molar-refractivity contribution in [3.63, 3.8) is 0 Å². The lowest BCUT2D eigenvalue weighted by atomic mass is 9.88. The molecule has 0 bridgehead atoms. The molecule has 192 valence electrons. The maximum atomic E-state index is 14.0. The average Bonchev–Trinajstić information content (AvgIpc) is 3.61. The summed E-state index contributed by atoms with van der Waals surface area (Å²) in [6, 6.07) is 3.57. The van der Waals surface area contributed by atoms with E-state index in [1.807, 2.05) is 21.6 Å². The standard InChI is InChI=1S/C27H36N6O3/c1-30-8-10-31(11-9-30)27(36)25-22(16-34)21-15-32-23(24(21)33(25)14-18-4-2-3-5-18)7-6-20(26(32)35)19-12-28-17-29-13-19/h6-7,12-13,17-18,21-22,24-25,34H,2-5,8-11,14-16H2,1H3/t21-,22-,24+,25-/m1/s1. The van der Waals surface area contributed by atoms with E-state index >= 15 is 0 Å². The van der Waals surface area contributed by atoms with Gasteiger partial charge >= 0.3 is 0 Å². The fourth-order valence-corrected chi connectivity index (χ4v) is 7.16. The highest BCUT2D eigenvalue weighted by atomic mass is 16.3. The van der Waals surface area contributed by atoms with Crippen LogP contribution in [0.2, 0.25) is 0 Å². The van der Waals surface area contributed by atoms with E-state index in [-0.39, 0.29) is 42.0 Å². The Balaban J connectivity index is 1.37. The molecule has 2 aromatic heterocycles. The highest BCUT2D eigenvalue weighted by molar-refractivity contribution is 5.83. The Bertz CT molecular complexity index is 1160. The number of hydrogen-bond donors (Lipinski definition) is 1. The minimum Gasteiger partial charge on any atom is -0.396 e. The lowest BCUT2D eigenvalue weighted by Crippen LogP contribution is -2.55. The van der Waals surface area contributed by atoms with Gasteiger partial charge in [0.1, 0.15) is 6.33 Å². The number of hydrogen-bond acceptors (Lipinski definition) is 7. The first-order chi connectivity index (χ1) is 17.6. The van der Waals surface area contributed by atoms with Gasteiger partial charge in [-0.3, -0.25) is 14.5 Å². The summed E-state index contributed by atoms with van der Waals surface area (Å²) < 4.78 is 1.87. The third-order valence-electron chi connectivity index (χ3n) is 9.07. The molecule has 1 saturated carbocycles. The third kappa shape index (κ3) is 3.97. The van der Waals surface area contributed by atoms with Gasteiger partial charge in [-0.25, -0.2) is 9.97 Å². The van der Waals surface area contributed by atoms with E-state index in [1.165, 1.54) is 32.0 Å². The van der Waals surface area contributed by atoms with Crippen LogP contribution in [0.4, 0.5) is 0 Å². The first-order valence-corrected chi connectivity index (χ1v) is 13.4. The van der Waals surface area contributed by atoms with E-state index < -0.39 is 0 Å². The highest BCUT2D eigenvalue weighted by Crippen LogP contribution is 2.50. The number of rotatable bonds is 5. The topological polar surface area (TPSA) is 94.8 Å². The quantitative estimate of drug-likeness (QED) is 0.671. The van der Waals surface area contributed by atoms with Crippen molar-refractivity contribution >= 4 is 5.91 Å². The maximum Gasteiger partial charge on any atom is 0.258 e. The Labute approximate surface area is 211 Å². The van der Waals surface area contributed by atoms with Crippen molar-refractivity contribution in [2.45, 2.75) is 44.3 Å². The van der Waals surface area contributed by atoms with Gasteiger partial charge in [0, 0.05) is 81.4 Å². The lowest BCUT2D eigenvalue weighted by Gasteiger charge is -2.39. The van der Waals surface area contributed by atoms with Crippen LogP contribution in [0, 0.1) is 17.8 Å². The predicted octanol–water partition coefficient (Wildman–Crippen LogP) is 1.23. The largest absolute Gasteiger partial charge is 0.396 e. The molecular formula is C27H36N6O3. The summed E-state index contributed by atoms with van der Waals surface area (Å²) in [5, 5.41) is 10.6. The monoisotopic (exact) mass is 492 g/mol. The number of carbonyl (C=O) groups excluding carboxylic acids is 1. The molecule has 9 heteroatoms. The van der Waals surface area contributed by atoms with E-state index in [0.717, 1.165) is 38.4 Å². The summed E-state index contributed by atoms with van der Waals surface area (Å²) in [4.78, 5) is 42.4. The molecule has 6 rings (SSSR count). The van der Waals surface area contributed by atoms with Crippen LogP contribution in [0.5, 0.6) is 0 Å². The van der Waals surface area contributed by atoms with Gasteiger partial charge in [-0.2, -0.15) is 0 Å². The summed E-state index contributed by atoms with van der Waals surface area (Å²) in [6.07, 6.45) is 9.65. The Hall–Kier alpha value is -2.62. The molecule has 3 aliphatic heterocycles. The van der Waals surface area contributed by atoms with E-state index in [0.29, 0.717) is 23.6 Å². The van der Waals surface area contributed by atoms with Crippen molar-refractivity contribution in [2.24, 2.45) is 17.8 Å². The number of aromatic nitrogens is 3. The van der Waals surface area contributed by atoms with E-state index in [9.17, 15) is 14.7 Å². The molecule has 2 aromatic rings. The van der Waals surface area contributed by atoms with Crippen molar-refractivity contribution in [2.75, 3.05) is 46.4 Å². The van der Waals surface area contributed by atoms with Gasteiger partial charge in [0.25, 0.3) is 5.56 Å². The summed E-state index contributed by atoms with van der Waals surface area (Å²) in [6.45, 7) is 4.55. The fraction of sp³-hybridized carbons (Fsp3) is 0.630. The van der Waals surface area contributed by atoms with Crippen LogP contribution in [-0.2, 0) is 11.3 Å². The SMILES string of the molecule is CN1CCN(C(=O)[C@H]2[C@H](CO)[C@H]3Cn4c(ccc(-c5cncnc5)c4=O)[C@H]3N2CC2CCCC2)CC1. The molecule has 0 unspecified atom stereocenters. The van der Waals surface area contributed by atoms with Crippen LogP contribution in [-0.4, -0.2) is 92.7 Å². The summed E-state index contributed by atoms with van der Waals surface area (Å²) in [5.74, 6) is 0.563. The number of aliphatic hydroxyl groups excluding tert-OH is 1. The highest BCUT2D eigenvalue weighted by Gasteiger charge is 2.56. The van der Waals surface area contributed by atoms with Crippen LogP contribution in [0.15, 0.2) is 35.6 Å². The predicted molar refractivity (Wildman–Crippen MR) is 135 cm³/mol. The van der Waals surface area contributed by atoms with Crippen LogP contribution >= 0.6 is 0 Å². The first kappa shape index (κ1) is 23.8. The van der Waals surface area contributed by atoms with Crippen molar-refractivity contribution < 1.29 is 9.90 Å². The Morgan fingerprint density at radius 3 is 2.50 bits per heavy atom. The molecule has 1 aliphatic carbocycles. The molecule has 36 heavy (non-hydrogen) atoms. The maximum absolute atomic E-state index is 14.0. The van der Waals surface area contributed by atoms with Crippen molar-refractivity contribution in [3.05, 3.63) is 46.9 Å². The Morgan fingerprint density at radius 2 is 1.81 bits per heavy atom. The number of likely N-dealkylation sites (N-methyl/N-ethyl adjacent to an activating group) is 1. The van der Waals surface area contributed by atoms with Crippen LogP contribution < -0.4 is 5.56 Å². The second-order valence-electron chi connectivity index (χ2n) is 11.1. The van der Waals surface area contributed by atoms with Gasteiger partial charge in [0.05, 0.1) is 17.6 Å². The molecule has 0 aromatic carbocycles. The van der Waals surface area contributed by atoms with Crippen molar-refractivity contribution in [1.82, 2.24) is 29.2 Å². The van der Waals surface area contributed by atoms with Gasteiger partial charge < -0.3 is 19.5 Å². The van der Waals surface area contributed by atoms with Crippen molar-refractivity contribution in [3.8, 4) is 11.1 Å². The Kier molecular flexibility index (Phi) is 6.39. The minimum atomic E-state index is -0.333. The van der Waals surface area contributed by atoms with Crippen LogP contribution in [0.25, 0.3) is 11.1 Å². The zero-order valence-corrected chi connectivity index (χ0v) is 21.0. The molecule has 4 atom stereocenters. The first-order valence-electron chi connectivity index (χ1n) is 13.4. The number of likely N-dealkylation sites (tertiary alicyclic amines) is 1. The molecule has 3 fully saturated rings. The van der Waals surface area contributed by atoms with Crippen molar-refractivity contribution in [1.29, 1.82) is 0 Å². The van der Waals surface area contributed by atoms with Gasteiger partial charge in [-0.15, -0.1) is 0 Å².